The molecule has 2 fully saturated rings. The van der Waals surface area contributed by atoms with E-state index in [4.69, 9.17) is 9.97 Å². The van der Waals surface area contributed by atoms with E-state index >= 15 is 0 Å². The summed E-state index contributed by atoms with van der Waals surface area (Å²) >= 11 is 1.65. The maximum atomic E-state index is 13.2. The van der Waals surface area contributed by atoms with E-state index in [1.54, 1.807) is 28.8 Å². The van der Waals surface area contributed by atoms with Crippen LogP contribution in [0.15, 0.2) is 35.6 Å². The number of benzene rings is 1. The highest BCUT2D eigenvalue weighted by Crippen LogP contribution is 2.29. The molecule has 3 aromatic rings. The molecular formula is C26H32FN7O2S. The highest BCUT2D eigenvalue weighted by Gasteiger charge is 2.35. The monoisotopic (exact) mass is 525 g/mol. The van der Waals surface area contributed by atoms with Gasteiger partial charge in [-0.2, -0.15) is 5.10 Å². The number of aromatic nitrogens is 4. The molecule has 1 aromatic carbocycles. The number of carbonyl (C=O) groups is 2. The number of rotatable bonds is 9. The van der Waals surface area contributed by atoms with Gasteiger partial charge in [-0.25, -0.2) is 19.0 Å². The third kappa shape index (κ3) is 5.71. The molecule has 2 saturated heterocycles. The van der Waals surface area contributed by atoms with Gasteiger partial charge < -0.3 is 15.1 Å². The second-order valence-corrected chi connectivity index (χ2v) is 10.6. The highest BCUT2D eigenvalue weighted by atomic mass is 32.2. The maximum absolute atomic E-state index is 13.2. The number of hydrogen-bond donors (Lipinski definition) is 1. The number of fused-ring (bicyclic) bond motifs is 1. The van der Waals surface area contributed by atoms with Gasteiger partial charge in [0, 0.05) is 44.0 Å². The van der Waals surface area contributed by atoms with Crippen molar-refractivity contribution in [2.75, 3.05) is 41.7 Å². The zero-order valence-corrected chi connectivity index (χ0v) is 21.8. The first-order valence-electron chi connectivity index (χ1n) is 13.0. The minimum absolute atomic E-state index is 0.135. The predicted molar refractivity (Wildman–Crippen MR) is 142 cm³/mol. The minimum Gasteiger partial charge on any atom is -0.356 e. The average Bonchev–Trinajstić information content (AvgIpc) is 3.51. The van der Waals surface area contributed by atoms with Gasteiger partial charge in [0.05, 0.1) is 24.0 Å². The van der Waals surface area contributed by atoms with E-state index in [0.29, 0.717) is 18.8 Å². The maximum Gasteiger partial charge on any atom is 0.227 e. The second kappa shape index (κ2) is 11.5. The Morgan fingerprint density at radius 2 is 1.95 bits per heavy atom. The molecule has 2 amide bonds. The molecule has 1 atom stereocenters. The zero-order chi connectivity index (χ0) is 25.8. The number of nitrogens with zero attached hydrogens (tertiary/aromatic N) is 6. The number of piperidine rings is 1. The van der Waals surface area contributed by atoms with Gasteiger partial charge in [0.2, 0.25) is 11.8 Å². The van der Waals surface area contributed by atoms with Crippen molar-refractivity contribution in [3.05, 3.63) is 36.3 Å². The lowest BCUT2D eigenvalue weighted by atomic mass is 10.1. The second-order valence-electron chi connectivity index (χ2n) is 9.50. The number of hydrogen-bond acceptors (Lipinski definition) is 7. The average molecular weight is 526 g/mol. The third-order valence-electron chi connectivity index (χ3n) is 6.80. The number of halogens is 1. The molecule has 37 heavy (non-hydrogen) atoms. The molecule has 1 N–H and O–H groups in total. The van der Waals surface area contributed by atoms with Crippen LogP contribution in [-0.2, 0) is 16.1 Å². The number of nitrogens with one attached hydrogen (secondary N) is 1. The van der Waals surface area contributed by atoms with Gasteiger partial charge in [0.25, 0.3) is 0 Å². The van der Waals surface area contributed by atoms with Crippen LogP contribution in [0.4, 0.5) is 15.9 Å². The SMILES string of the molecule is CCCSc1nc(N2CCCCC2)c2cnn(CCNC(=O)C3CC(=O)N(c4ccc(F)cc4)C3)c2n1. The lowest BCUT2D eigenvalue weighted by Gasteiger charge is -2.28. The van der Waals surface area contributed by atoms with Gasteiger partial charge in [0.15, 0.2) is 10.8 Å². The van der Waals surface area contributed by atoms with Gasteiger partial charge in [-0.3, -0.25) is 9.59 Å². The van der Waals surface area contributed by atoms with E-state index in [0.717, 1.165) is 60.1 Å². The van der Waals surface area contributed by atoms with Gasteiger partial charge in [-0.05, 0) is 49.9 Å². The van der Waals surface area contributed by atoms with E-state index in [1.165, 1.54) is 18.6 Å². The summed E-state index contributed by atoms with van der Waals surface area (Å²) in [7, 11) is 0. The summed E-state index contributed by atoms with van der Waals surface area (Å²) in [5.41, 5.74) is 1.38. The Balaban J connectivity index is 1.25. The van der Waals surface area contributed by atoms with Gasteiger partial charge >= 0.3 is 0 Å². The highest BCUT2D eigenvalue weighted by molar-refractivity contribution is 7.99. The summed E-state index contributed by atoms with van der Waals surface area (Å²) < 4.78 is 15.1. The van der Waals surface area contributed by atoms with Crippen molar-refractivity contribution in [2.45, 2.75) is 50.7 Å². The lowest BCUT2D eigenvalue weighted by Crippen LogP contribution is -2.35. The molecule has 2 aliphatic rings. The first kappa shape index (κ1) is 25.4. The normalized spacial score (nSPS) is 18.1. The standard InChI is InChI=1S/C26H32FN7O2S/c1-2-14-37-26-30-23(32-11-4-3-5-12-32)21-16-29-34(24(21)31-26)13-10-28-25(36)18-15-22(35)33(17-18)20-8-6-19(27)7-9-20/h6-9,16,18H,2-5,10-15,17H2,1H3,(H,28,36). The zero-order valence-electron chi connectivity index (χ0n) is 21.0. The van der Waals surface area contributed by atoms with Crippen molar-refractivity contribution < 1.29 is 14.0 Å². The van der Waals surface area contributed by atoms with E-state index in [2.05, 4.69) is 22.2 Å². The molecule has 1 unspecified atom stereocenters. The number of carbonyl (C=O) groups excluding carboxylic acids is 2. The van der Waals surface area contributed by atoms with Crippen molar-refractivity contribution in [3.63, 3.8) is 0 Å². The van der Waals surface area contributed by atoms with Crippen LogP contribution in [0.25, 0.3) is 11.0 Å². The molecule has 0 radical (unpaired) electrons. The minimum atomic E-state index is -0.447. The summed E-state index contributed by atoms with van der Waals surface area (Å²) in [4.78, 5) is 38.9. The van der Waals surface area contributed by atoms with Crippen LogP contribution in [-0.4, -0.2) is 63.5 Å². The van der Waals surface area contributed by atoms with Gasteiger partial charge in [-0.15, -0.1) is 0 Å². The summed E-state index contributed by atoms with van der Waals surface area (Å²) in [6.45, 7) is 5.23. The first-order chi connectivity index (χ1) is 18.0. The van der Waals surface area contributed by atoms with Crippen LogP contribution >= 0.6 is 11.8 Å². The quantitative estimate of drug-likeness (QED) is 0.337. The molecule has 0 aliphatic carbocycles. The van der Waals surface area contributed by atoms with Crippen LogP contribution in [0, 0.1) is 11.7 Å². The van der Waals surface area contributed by atoms with E-state index in [-0.39, 0.29) is 30.6 Å². The molecule has 0 saturated carbocycles. The lowest BCUT2D eigenvalue weighted by molar-refractivity contribution is -0.126. The predicted octanol–water partition coefficient (Wildman–Crippen LogP) is 3.63. The molecule has 2 aromatic heterocycles. The van der Waals surface area contributed by atoms with E-state index in [1.807, 2.05) is 10.9 Å². The summed E-state index contributed by atoms with van der Waals surface area (Å²) in [6.07, 6.45) is 6.56. The molecule has 4 heterocycles. The summed E-state index contributed by atoms with van der Waals surface area (Å²) in [6, 6.07) is 5.75. The summed E-state index contributed by atoms with van der Waals surface area (Å²) in [5, 5.41) is 9.22. The smallest absolute Gasteiger partial charge is 0.227 e. The fourth-order valence-corrected chi connectivity index (χ4v) is 5.56. The molecule has 2 aliphatic heterocycles. The van der Waals surface area contributed by atoms with Crippen LogP contribution < -0.4 is 15.1 Å². The molecule has 11 heteroatoms. The van der Waals surface area contributed by atoms with Gasteiger partial charge in [0.1, 0.15) is 11.6 Å². The molecule has 0 bridgehead atoms. The van der Waals surface area contributed by atoms with Crippen molar-refractivity contribution in [1.82, 2.24) is 25.1 Å². The molecule has 0 spiro atoms. The van der Waals surface area contributed by atoms with E-state index in [9.17, 15) is 14.0 Å². The van der Waals surface area contributed by atoms with Crippen molar-refractivity contribution in [1.29, 1.82) is 0 Å². The third-order valence-corrected chi connectivity index (χ3v) is 7.86. The first-order valence-corrected chi connectivity index (χ1v) is 14.0. The Bertz CT molecular complexity index is 1260. The Morgan fingerprint density at radius 3 is 2.70 bits per heavy atom. The number of thioether (sulfide) groups is 1. The van der Waals surface area contributed by atoms with Crippen LogP contribution in [0.5, 0.6) is 0 Å². The Labute approximate surface area is 219 Å². The Kier molecular flexibility index (Phi) is 7.87. The van der Waals surface area contributed by atoms with Crippen LogP contribution in [0.3, 0.4) is 0 Å². The van der Waals surface area contributed by atoms with Crippen LogP contribution in [0.2, 0.25) is 0 Å². The topological polar surface area (TPSA) is 96.2 Å². The van der Waals surface area contributed by atoms with Gasteiger partial charge in [-0.1, -0.05) is 18.7 Å². The molecule has 196 valence electrons. The largest absolute Gasteiger partial charge is 0.356 e. The molecular weight excluding hydrogens is 493 g/mol. The van der Waals surface area contributed by atoms with Crippen molar-refractivity contribution in [2.24, 2.45) is 5.92 Å². The fraction of sp³-hybridized carbons (Fsp3) is 0.500. The Hall–Kier alpha value is -3.21. The van der Waals surface area contributed by atoms with Crippen LogP contribution in [0.1, 0.15) is 39.0 Å². The van der Waals surface area contributed by atoms with Crippen molar-refractivity contribution in [3.8, 4) is 0 Å². The Morgan fingerprint density at radius 1 is 1.16 bits per heavy atom. The van der Waals surface area contributed by atoms with E-state index < -0.39 is 5.92 Å². The number of anilines is 2. The fourth-order valence-electron chi connectivity index (χ4n) is 4.87. The van der Waals surface area contributed by atoms with Crippen molar-refractivity contribution >= 4 is 46.1 Å². The molecule has 9 nitrogen and oxygen atoms in total. The summed E-state index contributed by atoms with van der Waals surface area (Å²) in [5.74, 6) is 0.784. The number of amides is 2. The molecule has 5 rings (SSSR count).